The van der Waals surface area contributed by atoms with Gasteiger partial charge in [0.1, 0.15) is 6.10 Å². The number of nitrogens with one attached hydrogen (secondary N) is 2. The summed E-state index contributed by atoms with van der Waals surface area (Å²) in [6.45, 7) is 8.72. The van der Waals surface area contributed by atoms with Crippen LogP contribution >= 0.6 is 22.6 Å². The van der Waals surface area contributed by atoms with Crippen LogP contribution in [-0.4, -0.2) is 31.4 Å². The summed E-state index contributed by atoms with van der Waals surface area (Å²) in [6.07, 6.45) is 5.85. The standard InChI is InChI=1S/C14H25IN2O3S/c1-6-11(9-16-21(5,18)19)20-13-8-10(14(2,3)4)7-12(15)17-13/h7-8,11-12,16-17H,6,9H2,1-5H3. The lowest BCUT2D eigenvalue weighted by Crippen LogP contribution is -2.36. The van der Waals surface area contributed by atoms with Crippen LogP contribution in [0.1, 0.15) is 34.1 Å². The smallest absolute Gasteiger partial charge is 0.208 e. The molecular formula is C14H25IN2O3S. The minimum atomic E-state index is -3.20. The van der Waals surface area contributed by atoms with Crippen LogP contribution in [0.25, 0.3) is 0 Å². The van der Waals surface area contributed by atoms with Crippen molar-refractivity contribution in [1.29, 1.82) is 0 Å². The number of rotatable bonds is 6. The van der Waals surface area contributed by atoms with Crippen LogP contribution in [0.4, 0.5) is 0 Å². The van der Waals surface area contributed by atoms with Gasteiger partial charge in [0, 0.05) is 12.6 Å². The van der Waals surface area contributed by atoms with E-state index in [1.54, 1.807) is 0 Å². The van der Waals surface area contributed by atoms with Crippen LogP contribution in [0.15, 0.2) is 23.6 Å². The molecule has 0 saturated heterocycles. The Labute approximate surface area is 141 Å². The summed E-state index contributed by atoms with van der Waals surface area (Å²) in [5, 5.41) is 3.25. The van der Waals surface area contributed by atoms with Crippen molar-refractivity contribution in [3.05, 3.63) is 23.6 Å². The molecule has 122 valence electrons. The van der Waals surface area contributed by atoms with E-state index in [-0.39, 0.29) is 22.1 Å². The van der Waals surface area contributed by atoms with Crippen LogP contribution in [0.3, 0.4) is 0 Å². The summed E-state index contributed by atoms with van der Waals surface area (Å²) in [6, 6.07) is 0. The third kappa shape index (κ3) is 7.01. The number of ether oxygens (including phenoxy) is 1. The fourth-order valence-electron chi connectivity index (χ4n) is 1.79. The number of hydrogen-bond donors (Lipinski definition) is 2. The quantitative estimate of drug-likeness (QED) is 0.388. The molecule has 0 aromatic heterocycles. The van der Waals surface area contributed by atoms with Crippen LogP contribution in [-0.2, 0) is 14.8 Å². The fourth-order valence-corrected chi connectivity index (χ4v) is 2.98. The van der Waals surface area contributed by atoms with E-state index in [0.29, 0.717) is 5.88 Å². The molecule has 0 spiro atoms. The number of dihydropyridines is 1. The average Bonchev–Trinajstić information content (AvgIpc) is 2.31. The van der Waals surface area contributed by atoms with Gasteiger partial charge in [-0.25, -0.2) is 13.1 Å². The second kappa shape index (κ2) is 7.32. The van der Waals surface area contributed by atoms with Crippen molar-refractivity contribution in [1.82, 2.24) is 10.0 Å². The van der Waals surface area contributed by atoms with Crippen molar-refractivity contribution < 1.29 is 13.2 Å². The van der Waals surface area contributed by atoms with Gasteiger partial charge in [-0.1, -0.05) is 50.3 Å². The maximum absolute atomic E-state index is 11.2. The highest BCUT2D eigenvalue weighted by molar-refractivity contribution is 14.1. The second-order valence-corrected chi connectivity index (χ2v) is 9.37. The van der Waals surface area contributed by atoms with Gasteiger partial charge >= 0.3 is 0 Å². The van der Waals surface area contributed by atoms with E-state index in [9.17, 15) is 8.42 Å². The Balaban J connectivity index is 2.76. The first-order valence-electron chi connectivity index (χ1n) is 6.97. The van der Waals surface area contributed by atoms with Crippen LogP contribution < -0.4 is 10.0 Å². The van der Waals surface area contributed by atoms with E-state index < -0.39 is 10.0 Å². The summed E-state index contributed by atoms with van der Waals surface area (Å²) in [5.74, 6) is 0.698. The molecule has 1 aliphatic rings. The molecule has 21 heavy (non-hydrogen) atoms. The molecule has 0 bridgehead atoms. The Morgan fingerprint density at radius 1 is 1.48 bits per heavy atom. The van der Waals surface area contributed by atoms with E-state index in [0.717, 1.165) is 12.7 Å². The van der Waals surface area contributed by atoms with E-state index >= 15 is 0 Å². The fraction of sp³-hybridized carbons (Fsp3) is 0.714. The first-order valence-corrected chi connectivity index (χ1v) is 10.1. The Kier molecular flexibility index (Phi) is 6.54. The largest absolute Gasteiger partial charge is 0.474 e. The third-order valence-corrected chi connectivity index (χ3v) is 4.44. The molecule has 0 aromatic carbocycles. The monoisotopic (exact) mass is 428 g/mol. The van der Waals surface area contributed by atoms with Gasteiger partial charge < -0.3 is 10.1 Å². The summed E-state index contributed by atoms with van der Waals surface area (Å²) >= 11 is 2.30. The Morgan fingerprint density at radius 3 is 2.57 bits per heavy atom. The molecule has 5 nitrogen and oxygen atoms in total. The molecule has 0 radical (unpaired) electrons. The van der Waals surface area contributed by atoms with Crippen LogP contribution in [0.2, 0.25) is 0 Å². The lowest BCUT2D eigenvalue weighted by molar-refractivity contribution is 0.101. The van der Waals surface area contributed by atoms with Crippen molar-refractivity contribution in [3.8, 4) is 0 Å². The summed E-state index contributed by atoms with van der Waals surface area (Å²) in [7, 11) is -3.20. The van der Waals surface area contributed by atoms with Gasteiger partial charge in [0.05, 0.1) is 10.3 Å². The molecule has 0 aliphatic carbocycles. The third-order valence-electron chi connectivity index (χ3n) is 3.08. The molecule has 1 aliphatic heterocycles. The van der Waals surface area contributed by atoms with Crippen molar-refractivity contribution in [2.75, 3.05) is 12.8 Å². The van der Waals surface area contributed by atoms with E-state index in [2.05, 4.69) is 59.5 Å². The Hall–Kier alpha value is -0.280. The van der Waals surface area contributed by atoms with Crippen molar-refractivity contribution in [2.45, 2.75) is 44.3 Å². The highest BCUT2D eigenvalue weighted by atomic mass is 127. The van der Waals surface area contributed by atoms with E-state index in [1.165, 1.54) is 5.57 Å². The summed E-state index contributed by atoms with van der Waals surface area (Å²) in [4.78, 5) is 0. The number of halogens is 1. The molecule has 2 unspecified atom stereocenters. The molecule has 0 amide bonds. The summed E-state index contributed by atoms with van der Waals surface area (Å²) in [5.41, 5.74) is 1.26. The van der Waals surface area contributed by atoms with Crippen LogP contribution in [0, 0.1) is 5.41 Å². The van der Waals surface area contributed by atoms with E-state index in [4.69, 9.17) is 4.74 Å². The van der Waals surface area contributed by atoms with Crippen molar-refractivity contribution in [3.63, 3.8) is 0 Å². The zero-order chi connectivity index (χ0) is 16.3. The molecule has 0 saturated carbocycles. The van der Waals surface area contributed by atoms with E-state index in [1.807, 2.05) is 13.0 Å². The predicted octanol–water partition coefficient (Wildman–Crippen LogP) is 2.51. The zero-order valence-corrected chi connectivity index (χ0v) is 16.2. The molecule has 1 rings (SSSR count). The molecule has 7 heteroatoms. The second-order valence-electron chi connectivity index (χ2n) is 6.20. The lowest BCUT2D eigenvalue weighted by atomic mass is 9.85. The number of alkyl halides is 1. The minimum absolute atomic E-state index is 0.0485. The highest BCUT2D eigenvalue weighted by Gasteiger charge is 2.23. The maximum Gasteiger partial charge on any atom is 0.208 e. The summed E-state index contributed by atoms with van der Waals surface area (Å²) < 4.78 is 30.9. The number of sulfonamides is 1. The molecule has 0 aromatic rings. The molecule has 2 atom stereocenters. The maximum atomic E-state index is 11.2. The molecule has 2 N–H and O–H groups in total. The first kappa shape index (κ1) is 18.8. The molecular weight excluding hydrogens is 403 g/mol. The molecule has 1 heterocycles. The van der Waals surface area contributed by atoms with Gasteiger partial charge in [-0.3, -0.25) is 0 Å². The molecule has 0 fully saturated rings. The SMILES string of the molecule is CCC(CNS(C)(=O)=O)OC1=CC(C(C)(C)C)=CC(I)N1. The highest BCUT2D eigenvalue weighted by Crippen LogP contribution is 2.31. The van der Waals surface area contributed by atoms with Crippen molar-refractivity contribution in [2.24, 2.45) is 5.41 Å². The van der Waals surface area contributed by atoms with Gasteiger partial charge in [0.25, 0.3) is 0 Å². The zero-order valence-electron chi connectivity index (χ0n) is 13.2. The Morgan fingerprint density at radius 2 is 2.10 bits per heavy atom. The normalized spacial score (nSPS) is 21.1. The van der Waals surface area contributed by atoms with Gasteiger partial charge in [0.15, 0.2) is 5.88 Å². The first-order chi connectivity index (χ1) is 9.51. The lowest BCUT2D eigenvalue weighted by Gasteiger charge is -2.29. The van der Waals surface area contributed by atoms with Crippen molar-refractivity contribution >= 4 is 32.6 Å². The van der Waals surface area contributed by atoms with Gasteiger partial charge in [0.2, 0.25) is 10.0 Å². The van der Waals surface area contributed by atoms with Crippen LogP contribution in [0.5, 0.6) is 0 Å². The van der Waals surface area contributed by atoms with Gasteiger partial charge in [-0.15, -0.1) is 0 Å². The predicted molar refractivity (Wildman–Crippen MR) is 94.6 cm³/mol. The number of allylic oxidation sites excluding steroid dienone is 2. The topological polar surface area (TPSA) is 67.4 Å². The van der Waals surface area contributed by atoms with Gasteiger partial charge in [-0.05, 0) is 23.5 Å². The Bertz CT molecular complexity index is 521. The van der Waals surface area contributed by atoms with Gasteiger partial charge in [-0.2, -0.15) is 0 Å². The minimum Gasteiger partial charge on any atom is -0.474 e. The number of hydrogen-bond acceptors (Lipinski definition) is 4. The average molecular weight is 428 g/mol.